The van der Waals surface area contributed by atoms with Gasteiger partial charge in [0.1, 0.15) is 11.5 Å². The van der Waals surface area contributed by atoms with Crippen molar-refractivity contribution in [2.24, 2.45) is 4.99 Å². The minimum absolute atomic E-state index is 0.0583. The van der Waals surface area contributed by atoms with Crippen LogP contribution >= 0.6 is 0 Å². The summed E-state index contributed by atoms with van der Waals surface area (Å²) in [6, 6.07) is 12.4. The van der Waals surface area contributed by atoms with E-state index in [1.54, 1.807) is 12.1 Å². The zero-order chi connectivity index (χ0) is 18.9. The van der Waals surface area contributed by atoms with E-state index in [1.807, 2.05) is 24.3 Å². The number of methoxy groups -OCH3 is 1. The molecule has 1 aliphatic rings. The number of benzene rings is 2. The Hall–Kier alpha value is -2.95. The predicted molar refractivity (Wildman–Crippen MR) is 101 cm³/mol. The number of nitrogens with zero attached hydrogens (tertiary/aromatic N) is 1. The number of nitrogens with one attached hydrogen (secondary N) is 1. The van der Waals surface area contributed by atoms with E-state index in [2.05, 4.69) is 31.1 Å². The Labute approximate surface area is 152 Å². The van der Waals surface area contributed by atoms with Crippen molar-refractivity contribution >= 4 is 17.8 Å². The topological polar surface area (TPSA) is 50.7 Å². The maximum Gasteiger partial charge on any atom is 0.275 e. The second-order valence-corrected chi connectivity index (χ2v) is 7.17. The van der Waals surface area contributed by atoms with Gasteiger partial charge in [0.05, 0.1) is 7.11 Å². The smallest absolute Gasteiger partial charge is 0.275 e. The van der Waals surface area contributed by atoms with Gasteiger partial charge in [0.25, 0.3) is 5.91 Å². The summed E-state index contributed by atoms with van der Waals surface area (Å²) >= 11 is 0. The second-order valence-electron chi connectivity index (χ2n) is 7.17. The Morgan fingerprint density at radius 2 is 1.81 bits per heavy atom. The van der Waals surface area contributed by atoms with Crippen molar-refractivity contribution in [2.75, 3.05) is 7.11 Å². The number of hydrogen-bond acceptors (Lipinski definition) is 3. The van der Waals surface area contributed by atoms with Crippen molar-refractivity contribution in [1.82, 2.24) is 5.32 Å². The molecule has 0 fully saturated rings. The van der Waals surface area contributed by atoms with Gasteiger partial charge in [-0.2, -0.15) is 0 Å². The van der Waals surface area contributed by atoms with Crippen LogP contribution in [0.2, 0.25) is 0 Å². The molecule has 0 bridgehead atoms. The average Bonchev–Trinajstić information content (AvgIpc) is 2.95. The summed E-state index contributed by atoms with van der Waals surface area (Å²) in [5.41, 5.74) is 2.88. The molecule has 1 aliphatic heterocycles. The van der Waals surface area contributed by atoms with Crippen LogP contribution in [-0.2, 0) is 10.2 Å². The SMILES string of the molecule is COc1ccc(/C=C2/N=C(c3ccc(C(C)(C)C)cc3)NC2=O)cc1F. The summed E-state index contributed by atoms with van der Waals surface area (Å²) in [5, 5.41) is 2.76. The first-order valence-electron chi connectivity index (χ1n) is 8.34. The molecule has 134 valence electrons. The Balaban J connectivity index is 1.88. The zero-order valence-corrected chi connectivity index (χ0v) is 15.3. The lowest BCUT2D eigenvalue weighted by molar-refractivity contribution is -0.115. The number of hydrogen-bond donors (Lipinski definition) is 1. The molecule has 0 saturated heterocycles. The first-order valence-corrected chi connectivity index (χ1v) is 8.34. The van der Waals surface area contributed by atoms with Gasteiger partial charge in [-0.05, 0) is 34.8 Å². The molecule has 4 nitrogen and oxygen atoms in total. The summed E-state index contributed by atoms with van der Waals surface area (Å²) in [6.07, 6.45) is 1.55. The molecule has 0 saturated carbocycles. The lowest BCUT2D eigenvalue weighted by Gasteiger charge is -2.19. The van der Waals surface area contributed by atoms with Crippen molar-refractivity contribution in [1.29, 1.82) is 0 Å². The van der Waals surface area contributed by atoms with Crippen molar-refractivity contribution in [3.05, 3.63) is 70.7 Å². The van der Waals surface area contributed by atoms with Gasteiger partial charge in [-0.15, -0.1) is 0 Å². The summed E-state index contributed by atoms with van der Waals surface area (Å²) in [6.45, 7) is 6.43. The van der Waals surface area contributed by atoms with Crippen molar-refractivity contribution < 1.29 is 13.9 Å². The molecule has 0 aromatic heterocycles. The lowest BCUT2D eigenvalue weighted by Crippen LogP contribution is -2.24. The fourth-order valence-electron chi connectivity index (χ4n) is 2.66. The molecular formula is C21H21FN2O2. The van der Waals surface area contributed by atoms with Crippen LogP contribution in [0.5, 0.6) is 5.75 Å². The van der Waals surface area contributed by atoms with Crippen LogP contribution in [0.1, 0.15) is 37.5 Å². The van der Waals surface area contributed by atoms with Crippen molar-refractivity contribution in [3.8, 4) is 5.75 Å². The molecule has 2 aromatic carbocycles. The van der Waals surface area contributed by atoms with Gasteiger partial charge in [0, 0.05) is 5.56 Å². The van der Waals surface area contributed by atoms with E-state index in [0.717, 1.165) is 5.56 Å². The number of carbonyl (C=O) groups is 1. The van der Waals surface area contributed by atoms with Gasteiger partial charge in [0.15, 0.2) is 11.6 Å². The van der Waals surface area contributed by atoms with Crippen molar-refractivity contribution in [3.63, 3.8) is 0 Å². The van der Waals surface area contributed by atoms with Crippen LogP contribution in [0.25, 0.3) is 6.08 Å². The standard InChI is InChI=1S/C21H21FN2O2/c1-21(2,3)15-8-6-14(7-9-15)19-23-17(20(25)24-19)12-13-5-10-18(26-4)16(22)11-13/h5-12H,1-4H3,(H,23,24,25)/b17-12+. The predicted octanol–water partition coefficient (Wildman–Crippen LogP) is 4.05. The normalized spacial score (nSPS) is 15.8. The highest BCUT2D eigenvalue weighted by atomic mass is 19.1. The molecule has 1 N–H and O–H groups in total. The van der Waals surface area contributed by atoms with E-state index in [4.69, 9.17) is 4.74 Å². The van der Waals surface area contributed by atoms with Gasteiger partial charge in [-0.3, -0.25) is 4.79 Å². The average molecular weight is 352 g/mol. The van der Waals surface area contributed by atoms with Gasteiger partial charge in [-0.25, -0.2) is 9.38 Å². The highest BCUT2D eigenvalue weighted by molar-refractivity contribution is 6.19. The van der Waals surface area contributed by atoms with Crippen LogP contribution in [-0.4, -0.2) is 18.9 Å². The highest BCUT2D eigenvalue weighted by Crippen LogP contribution is 2.24. The summed E-state index contributed by atoms with van der Waals surface area (Å²) in [7, 11) is 1.41. The first-order chi connectivity index (χ1) is 12.3. The number of amidine groups is 1. The molecule has 26 heavy (non-hydrogen) atoms. The molecule has 0 spiro atoms. The third kappa shape index (κ3) is 3.67. The zero-order valence-electron chi connectivity index (χ0n) is 15.3. The van der Waals surface area contributed by atoms with Gasteiger partial charge in [0.2, 0.25) is 0 Å². The van der Waals surface area contributed by atoms with E-state index in [0.29, 0.717) is 11.4 Å². The second kappa shape index (κ2) is 6.75. The summed E-state index contributed by atoms with van der Waals surface area (Å²) in [4.78, 5) is 16.5. The number of carbonyl (C=O) groups excluding carboxylic acids is 1. The molecule has 1 heterocycles. The summed E-state index contributed by atoms with van der Waals surface area (Å²) in [5.74, 6) is -0.139. The minimum Gasteiger partial charge on any atom is -0.494 e. The minimum atomic E-state index is -0.484. The fraction of sp³-hybridized carbons (Fsp3) is 0.238. The van der Waals surface area contributed by atoms with Crippen LogP contribution in [0.3, 0.4) is 0 Å². The van der Waals surface area contributed by atoms with Gasteiger partial charge in [-0.1, -0.05) is 51.1 Å². The Morgan fingerprint density at radius 1 is 1.12 bits per heavy atom. The van der Waals surface area contributed by atoms with E-state index >= 15 is 0 Å². The van der Waals surface area contributed by atoms with Crippen molar-refractivity contribution in [2.45, 2.75) is 26.2 Å². The molecule has 3 rings (SSSR count). The summed E-state index contributed by atoms with van der Waals surface area (Å²) < 4.78 is 18.7. The number of aliphatic imine (C=N–C) groups is 1. The lowest BCUT2D eigenvalue weighted by atomic mass is 9.86. The Bertz CT molecular complexity index is 907. The monoisotopic (exact) mass is 352 g/mol. The fourth-order valence-corrected chi connectivity index (χ4v) is 2.66. The molecule has 2 aromatic rings. The van der Waals surface area contributed by atoms with E-state index in [1.165, 1.54) is 24.8 Å². The van der Waals surface area contributed by atoms with E-state index in [9.17, 15) is 9.18 Å². The maximum atomic E-state index is 13.8. The third-order valence-corrected chi connectivity index (χ3v) is 4.20. The van der Waals surface area contributed by atoms with Crippen LogP contribution in [0, 0.1) is 5.82 Å². The van der Waals surface area contributed by atoms with Gasteiger partial charge >= 0.3 is 0 Å². The van der Waals surface area contributed by atoms with Crippen LogP contribution in [0.15, 0.2) is 53.2 Å². The number of halogens is 1. The number of rotatable bonds is 3. The highest BCUT2D eigenvalue weighted by Gasteiger charge is 2.22. The third-order valence-electron chi connectivity index (χ3n) is 4.20. The molecule has 0 aliphatic carbocycles. The molecular weight excluding hydrogens is 331 g/mol. The molecule has 5 heteroatoms. The number of ether oxygens (including phenoxy) is 1. The molecule has 0 atom stereocenters. The number of amides is 1. The van der Waals surface area contributed by atoms with Crippen LogP contribution < -0.4 is 10.1 Å². The molecule has 1 amide bonds. The Kier molecular flexibility index (Phi) is 4.64. The Morgan fingerprint density at radius 3 is 2.38 bits per heavy atom. The molecule has 0 radical (unpaired) electrons. The molecule has 0 unspecified atom stereocenters. The quantitative estimate of drug-likeness (QED) is 0.847. The van der Waals surface area contributed by atoms with Crippen LogP contribution in [0.4, 0.5) is 4.39 Å². The largest absolute Gasteiger partial charge is 0.494 e. The van der Waals surface area contributed by atoms with E-state index in [-0.39, 0.29) is 22.8 Å². The maximum absolute atomic E-state index is 13.8. The van der Waals surface area contributed by atoms with E-state index < -0.39 is 5.82 Å². The van der Waals surface area contributed by atoms with Gasteiger partial charge < -0.3 is 10.1 Å². The first kappa shape index (κ1) is 17.9.